The van der Waals surface area contributed by atoms with E-state index < -0.39 is 0 Å². The van der Waals surface area contributed by atoms with Gasteiger partial charge in [-0.25, -0.2) is 4.79 Å². The van der Waals surface area contributed by atoms with Crippen LogP contribution in [0.5, 0.6) is 0 Å². The lowest BCUT2D eigenvalue weighted by Gasteiger charge is -2.26. The molecule has 2 aromatic rings. The summed E-state index contributed by atoms with van der Waals surface area (Å²) >= 11 is 0. The summed E-state index contributed by atoms with van der Waals surface area (Å²) in [6.07, 6.45) is 7.02. The Bertz CT molecular complexity index is 645. The van der Waals surface area contributed by atoms with Crippen molar-refractivity contribution in [2.45, 2.75) is 50.7 Å². The number of urea groups is 1. The summed E-state index contributed by atoms with van der Waals surface area (Å²) in [6.45, 7) is 0.667. The average Bonchev–Trinajstić information content (AvgIpc) is 2.97. The van der Waals surface area contributed by atoms with Crippen molar-refractivity contribution in [2.24, 2.45) is 0 Å². The molecule has 1 aliphatic carbocycles. The van der Waals surface area contributed by atoms with Crippen LogP contribution in [0.3, 0.4) is 0 Å². The highest BCUT2D eigenvalue weighted by atomic mass is 16.3. The number of carbonyl (C=O) groups excluding carboxylic acids is 1. The van der Waals surface area contributed by atoms with Gasteiger partial charge in [-0.1, -0.05) is 18.2 Å². The maximum Gasteiger partial charge on any atom is 0.315 e. The van der Waals surface area contributed by atoms with E-state index in [2.05, 4.69) is 33.9 Å². The van der Waals surface area contributed by atoms with Crippen molar-refractivity contribution in [3.05, 3.63) is 36.0 Å². The molecule has 0 spiro atoms. The SMILES string of the molecule is O=C(NCCCc1c[nH]c2ccccc12)NC1CCC(O)CC1. The Morgan fingerprint density at radius 3 is 2.83 bits per heavy atom. The van der Waals surface area contributed by atoms with Crippen LogP contribution in [-0.4, -0.2) is 34.8 Å². The third kappa shape index (κ3) is 4.26. The molecule has 1 fully saturated rings. The molecule has 2 amide bonds. The molecule has 124 valence electrons. The molecule has 0 bridgehead atoms. The molecule has 3 rings (SSSR count). The highest BCUT2D eigenvalue weighted by molar-refractivity contribution is 5.83. The predicted molar refractivity (Wildman–Crippen MR) is 91.4 cm³/mol. The number of benzene rings is 1. The number of aryl methyl sites for hydroxylation is 1. The number of aromatic amines is 1. The second kappa shape index (κ2) is 7.51. The molecule has 0 saturated heterocycles. The van der Waals surface area contributed by atoms with Crippen molar-refractivity contribution < 1.29 is 9.90 Å². The van der Waals surface area contributed by atoms with E-state index in [-0.39, 0.29) is 18.2 Å². The van der Waals surface area contributed by atoms with Crippen molar-refractivity contribution >= 4 is 16.9 Å². The van der Waals surface area contributed by atoms with Gasteiger partial charge in [0.15, 0.2) is 0 Å². The molecule has 1 aromatic heterocycles. The first-order valence-electron chi connectivity index (χ1n) is 8.50. The monoisotopic (exact) mass is 315 g/mol. The van der Waals surface area contributed by atoms with Crippen molar-refractivity contribution in [1.82, 2.24) is 15.6 Å². The van der Waals surface area contributed by atoms with Gasteiger partial charge in [0.2, 0.25) is 0 Å². The second-order valence-electron chi connectivity index (χ2n) is 6.37. The van der Waals surface area contributed by atoms with Crippen LogP contribution in [0.1, 0.15) is 37.7 Å². The lowest BCUT2D eigenvalue weighted by atomic mass is 9.93. The van der Waals surface area contributed by atoms with Crippen molar-refractivity contribution in [3.63, 3.8) is 0 Å². The van der Waals surface area contributed by atoms with Crippen LogP contribution >= 0.6 is 0 Å². The zero-order valence-electron chi connectivity index (χ0n) is 13.3. The van der Waals surface area contributed by atoms with E-state index in [1.165, 1.54) is 10.9 Å². The molecule has 0 atom stereocenters. The molecule has 5 heteroatoms. The van der Waals surface area contributed by atoms with E-state index in [0.29, 0.717) is 6.54 Å². The van der Waals surface area contributed by atoms with Crippen LogP contribution in [0.25, 0.3) is 10.9 Å². The zero-order valence-corrected chi connectivity index (χ0v) is 13.3. The number of hydrogen-bond acceptors (Lipinski definition) is 2. The third-order valence-electron chi connectivity index (χ3n) is 4.62. The minimum atomic E-state index is -0.188. The maximum absolute atomic E-state index is 11.9. The van der Waals surface area contributed by atoms with Gasteiger partial charge in [-0.05, 0) is 50.2 Å². The van der Waals surface area contributed by atoms with Crippen LogP contribution in [0.2, 0.25) is 0 Å². The van der Waals surface area contributed by atoms with Crippen LogP contribution in [0.4, 0.5) is 4.79 Å². The summed E-state index contributed by atoms with van der Waals surface area (Å²) in [5.41, 5.74) is 2.46. The molecule has 1 aliphatic rings. The van der Waals surface area contributed by atoms with E-state index in [1.807, 2.05) is 12.1 Å². The summed E-state index contributed by atoms with van der Waals surface area (Å²) in [5, 5.41) is 16.7. The van der Waals surface area contributed by atoms with Gasteiger partial charge in [-0.2, -0.15) is 0 Å². The van der Waals surface area contributed by atoms with Gasteiger partial charge in [0.25, 0.3) is 0 Å². The number of H-pyrrole nitrogens is 1. The quantitative estimate of drug-likeness (QED) is 0.640. The minimum absolute atomic E-state index is 0.0923. The van der Waals surface area contributed by atoms with E-state index in [0.717, 1.165) is 44.0 Å². The number of rotatable bonds is 5. The second-order valence-corrected chi connectivity index (χ2v) is 6.37. The molecule has 1 aromatic carbocycles. The number of carbonyl (C=O) groups is 1. The van der Waals surface area contributed by atoms with Crippen molar-refractivity contribution in [2.75, 3.05) is 6.54 Å². The van der Waals surface area contributed by atoms with E-state index in [4.69, 9.17) is 0 Å². The molecule has 4 N–H and O–H groups in total. The fraction of sp³-hybridized carbons (Fsp3) is 0.500. The van der Waals surface area contributed by atoms with Gasteiger partial charge in [0.1, 0.15) is 0 Å². The van der Waals surface area contributed by atoms with Crippen LogP contribution in [0, 0.1) is 0 Å². The maximum atomic E-state index is 11.9. The number of fused-ring (bicyclic) bond motifs is 1. The highest BCUT2D eigenvalue weighted by Gasteiger charge is 2.20. The smallest absolute Gasteiger partial charge is 0.315 e. The predicted octanol–water partition coefficient (Wildman–Crippen LogP) is 2.70. The number of hydrogen-bond donors (Lipinski definition) is 4. The Labute approximate surface area is 136 Å². The standard InChI is InChI=1S/C18H25N3O2/c22-15-9-7-14(8-10-15)21-18(23)19-11-3-4-13-12-20-17-6-2-1-5-16(13)17/h1-2,5-6,12,14-15,20,22H,3-4,7-11H2,(H2,19,21,23). The molecule has 0 radical (unpaired) electrons. The Morgan fingerprint density at radius 2 is 2.00 bits per heavy atom. The molecule has 0 unspecified atom stereocenters. The Hall–Kier alpha value is -2.01. The van der Waals surface area contributed by atoms with Gasteiger partial charge in [0, 0.05) is 29.7 Å². The fourth-order valence-electron chi connectivity index (χ4n) is 3.28. The zero-order chi connectivity index (χ0) is 16.1. The van der Waals surface area contributed by atoms with E-state index >= 15 is 0 Å². The van der Waals surface area contributed by atoms with Crippen molar-refractivity contribution in [1.29, 1.82) is 0 Å². The number of para-hydroxylation sites is 1. The summed E-state index contributed by atoms with van der Waals surface area (Å²) in [4.78, 5) is 15.2. The highest BCUT2D eigenvalue weighted by Crippen LogP contribution is 2.19. The van der Waals surface area contributed by atoms with Gasteiger partial charge in [-0.15, -0.1) is 0 Å². The topological polar surface area (TPSA) is 77.2 Å². The number of aliphatic hydroxyl groups excluding tert-OH is 1. The number of aromatic nitrogens is 1. The summed E-state index contributed by atoms with van der Waals surface area (Å²) < 4.78 is 0. The normalized spacial score (nSPS) is 21.3. The fourth-order valence-corrected chi connectivity index (χ4v) is 3.28. The Kier molecular flexibility index (Phi) is 5.18. The summed E-state index contributed by atoms with van der Waals surface area (Å²) in [6, 6.07) is 8.38. The molecular weight excluding hydrogens is 290 g/mol. The van der Waals surface area contributed by atoms with Gasteiger partial charge < -0.3 is 20.7 Å². The van der Waals surface area contributed by atoms with E-state index in [9.17, 15) is 9.90 Å². The first kappa shape index (κ1) is 15.9. The lowest BCUT2D eigenvalue weighted by Crippen LogP contribution is -2.44. The number of amides is 2. The molecule has 5 nitrogen and oxygen atoms in total. The largest absolute Gasteiger partial charge is 0.393 e. The molecule has 0 aliphatic heterocycles. The average molecular weight is 315 g/mol. The third-order valence-corrected chi connectivity index (χ3v) is 4.62. The first-order chi connectivity index (χ1) is 11.2. The Balaban J connectivity index is 1.37. The van der Waals surface area contributed by atoms with Crippen molar-refractivity contribution in [3.8, 4) is 0 Å². The molecule has 1 saturated carbocycles. The lowest BCUT2D eigenvalue weighted by molar-refractivity contribution is 0.117. The summed E-state index contributed by atoms with van der Waals surface area (Å²) in [5.74, 6) is 0. The van der Waals surface area contributed by atoms with Crippen LogP contribution < -0.4 is 10.6 Å². The van der Waals surface area contributed by atoms with Crippen LogP contribution in [0.15, 0.2) is 30.5 Å². The molecular formula is C18H25N3O2. The molecule has 23 heavy (non-hydrogen) atoms. The number of nitrogens with one attached hydrogen (secondary N) is 3. The van der Waals surface area contributed by atoms with Crippen LogP contribution in [-0.2, 0) is 6.42 Å². The van der Waals surface area contributed by atoms with Gasteiger partial charge >= 0.3 is 6.03 Å². The van der Waals surface area contributed by atoms with Gasteiger partial charge in [0.05, 0.1) is 6.10 Å². The first-order valence-corrected chi connectivity index (χ1v) is 8.50. The number of aliphatic hydroxyl groups is 1. The van der Waals surface area contributed by atoms with Gasteiger partial charge in [-0.3, -0.25) is 0 Å². The minimum Gasteiger partial charge on any atom is -0.393 e. The summed E-state index contributed by atoms with van der Waals surface area (Å²) in [7, 11) is 0. The molecule has 1 heterocycles. The Morgan fingerprint density at radius 1 is 1.22 bits per heavy atom. The van der Waals surface area contributed by atoms with E-state index in [1.54, 1.807) is 0 Å².